The lowest BCUT2D eigenvalue weighted by atomic mass is 9.78. The summed E-state index contributed by atoms with van der Waals surface area (Å²) in [4.78, 5) is 15.4. The molecule has 4 rings (SSSR count). The second kappa shape index (κ2) is 9.83. The van der Waals surface area contributed by atoms with E-state index in [-0.39, 0.29) is 11.4 Å². The number of ether oxygens (including phenoxy) is 2. The summed E-state index contributed by atoms with van der Waals surface area (Å²) in [6.45, 7) is 5.65. The van der Waals surface area contributed by atoms with Gasteiger partial charge in [-0.3, -0.25) is 9.80 Å². The average molecular weight is 594 g/mol. The van der Waals surface area contributed by atoms with E-state index in [0.29, 0.717) is 35.2 Å². The van der Waals surface area contributed by atoms with Crippen molar-refractivity contribution in [2.75, 3.05) is 23.0 Å². The zero-order valence-corrected chi connectivity index (χ0v) is 20.6. The van der Waals surface area contributed by atoms with E-state index < -0.39 is 71.7 Å². The lowest BCUT2D eigenvalue weighted by Crippen LogP contribution is -2.73. The lowest BCUT2D eigenvalue weighted by molar-refractivity contribution is -0.303. The molecule has 2 aromatic carbocycles. The van der Waals surface area contributed by atoms with Gasteiger partial charge in [0.1, 0.15) is 11.3 Å². The van der Waals surface area contributed by atoms with Gasteiger partial charge in [0.25, 0.3) is 0 Å². The van der Waals surface area contributed by atoms with Crippen molar-refractivity contribution in [2.45, 2.75) is 30.0 Å². The number of hydrogen-bond donors (Lipinski definition) is 1. The minimum absolute atomic E-state index is 0.173. The molecule has 0 saturated carbocycles. The number of alkyl halides is 9. The first-order valence-corrected chi connectivity index (χ1v) is 11.4. The molecular weight excluding hydrogens is 575 g/mol. The minimum atomic E-state index is -5.19. The van der Waals surface area contributed by atoms with Gasteiger partial charge in [0.2, 0.25) is 5.72 Å². The molecule has 2 aliphatic heterocycles. The molecule has 0 bridgehead atoms. The van der Waals surface area contributed by atoms with Crippen molar-refractivity contribution >= 4 is 17.4 Å². The summed E-state index contributed by atoms with van der Waals surface area (Å²) in [7, 11) is 0. The first-order chi connectivity index (χ1) is 18.8. The van der Waals surface area contributed by atoms with Gasteiger partial charge in [0.15, 0.2) is 0 Å². The maximum Gasteiger partial charge on any atom is 0.573 e. The van der Waals surface area contributed by atoms with E-state index in [1.54, 1.807) is 0 Å². The van der Waals surface area contributed by atoms with Gasteiger partial charge < -0.3 is 14.6 Å². The highest BCUT2D eigenvalue weighted by Crippen LogP contribution is 2.53. The number of hydrogen-bond acceptors (Lipinski definition) is 4. The standard InChI is InChI=1S/C26H19F9N2O4/c1-3-16(12-15(2)41-26(33,34)35)23(39)22(13-40-14-22)36(19-8-4-17(5-9-19)24(27,28)29)21(38)37(23)20-10-6-18(7-11-20)25(30,31)32/h3-12,39H,1-2,13-14H2/b16-12+. The Labute approximate surface area is 226 Å². The van der Waals surface area contributed by atoms with Crippen molar-refractivity contribution in [3.8, 4) is 0 Å². The van der Waals surface area contributed by atoms with Crippen molar-refractivity contribution in [1.82, 2.24) is 0 Å². The fraction of sp³-hybridized carbons (Fsp3) is 0.269. The molecule has 0 aliphatic carbocycles. The van der Waals surface area contributed by atoms with Gasteiger partial charge in [0, 0.05) is 16.9 Å². The molecule has 1 N–H and O–H groups in total. The number of rotatable bonds is 6. The van der Waals surface area contributed by atoms with Gasteiger partial charge in [-0.1, -0.05) is 19.2 Å². The number of carbonyl (C=O) groups excluding carboxylic acids is 1. The quantitative estimate of drug-likeness (QED) is 0.227. The summed E-state index contributed by atoms with van der Waals surface area (Å²) in [6, 6.07) is 4.96. The molecule has 2 amide bonds. The third-order valence-corrected chi connectivity index (χ3v) is 6.56. The van der Waals surface area contributed by atoms with E-state index >= 15 is 0 Å². The molecule has 15 heteroatoms. The Morgan fingerprint density at radius 1 is 0.854 bits per heavy atom. The topological polar surface area (TPSA) is 62.2 Å². The number of halogens is 9. The van der Waals surface area contributed by atoms with Gasteiger partial charge in [0.05, 0.1) is 24.3 Å². The van der Waals surface area contributed by atoms with Gasteiger partial charge in [-0.25, -0.2) is 4.79 Å². The number of anilines is 2. The van der Waals surface area contributed by atoms with Crippen LogP contribution in [0.3, 0.4) is 0 Å². The van der Waals surface area contributed by atoms with Crippen LogP contribution < -0.4 is 9.80 Å². The summed E-state index contributed by atoms with van der Waals surface area (Å²) in [6.07, 6.45) is -13.2. The van der Waals surface area contributed by atoms with E-state index in [1.165, 1.54) is 0 Å². The van der Waals surface area contributed by atoms with Crippen LogP contribution in [0.15, 0.2) is 85.2 Å². The first kappa shape index (κ1) is 30.0. The number of nitrogens with zero attached hydrogens (tertiary/aromatic N) is 2. The Morgan fingerprint density at radius 2 is 1.29 bits per heavy atom. The summed E-state index contributed by atoms with van der Waals surface area (Å²) in [5.41, 5.74) is -7.78. The van der Waals surface area contributed by atoms with Gasteiger partial charge in [-0.2, -0.15) is 26.3 Å². The van der Waals surface area contributed by atoms with Crippen molar-refractivity contribution < 1.29 is 58.9 Å². The molecule has 1 unspecified atom stereocenters. The van der Waals surface area contributed by atoms with Crippen LogP contribution in [0.1, 0.15) is 11.1 Å². The fourth-order valence-electron chi connectivity index (χ4n) is 4.72. The smallest absolute Gasteiger partial charge is 0.406 e. The number of carbonyl (C=O) groups is 1. The van der Waals surface area contributed by atoms with E-state index in [2.05, 4.69) is 17.9 Å². The van der Waals surface area contributed by atoms with Crippen LogP contribution in [0.2, 0.25) is 0 Å². The van der Waals surface area contributed by atoms with Crippen LogP contribution in [-0.2, 0) is 21.8 Å². The zero-order valence-electron chi connectivity index (χ0n) is 20.6. The highest BCUT2D eigenvalue weighted by Gasteiger charge is 2.72. The number of urea groups is 1. The number of allylic oxidation sites excluding steroid dienone is 1. The fourth-order valence-corrected chi connectivity index (χ4v) is 4.72. The second-order valence-electron chi connectivity index (χ2n) is 9.06. The highest BCUT2D eigenvalue weighted by molar-refractivity contribution is 6.10. The Kier molecular flexibility index (Phi) is 7.19. The lowest BCUT2D eigenvalue weighted by Gasteiger charge is -2.52. The number of aliphatic hydroxyl groups is 1. The maximum absolute atomic E-state index is 13.9. The van der Waals surface area contributed by atoms with Gasteiger partial charge in [-0.05, 0) is 54.6 Å². The molecule has 41 heavy (non-hydrogen) atoms. The summed E-state index contributed by atoms with van der Waals surface area (Å²) in [5.74, 6) is -1.04. The van der Waals surface area contributed by atoms with Crippen molar-refractivity contribution in [3.63, 3.8) is 0 Å². The molecule has 2 aromatic rings. The Bertz CT molecular complexity index is 1380. The van der Waals surface area contributed by atoms with Crippen LogP contribution in [0.25, 0.3) is 0 Å². The van der Waals surface area contributed by atoms with Crippen LogP contribution in [-0.4, -0.2) is 42.0 Å². The molecule has 1 atom stereocenters. The summed E-state index contributed by atoms with van der Waals surface area (Å²) >= 11 is 0. The summed E-state index contributed by atoms with van der Waals surface area (Å²) in [5, 5.41) is 12.3. The van der Waals surface area contributed by atoms with Crippen LogP contribution in [0.4, 0.5) is 55.7 Å². The zero-order chi connectivity index (χ0) is 30.6. The molecule has 2 fully saturated rings. The van der Waals surface area contributed by atoms with Crippen molar-refractivity contribution in [1.29, 1.82) is 0 Å². The molecule has 220 valence electrons. The molecule has 2 saturated heterocycles. The molecule has 1 spiro atoms. The number of amides is 2. The van der Waals surface area contributed by atoms with Crippen LogP contribution >= 0.6 is 0 Å². The molecule has 2 aliphatic rings. The molecular formula is C26H19F9N2O4. The van der Waals surface area contributed by atoms with Gasteiger partial charge >= 0.3 is 24.7 Å². The summed E-state index contributed by atoms with van der Waals surface area (Å²) < 4.78 is 127. The Hall–Kier alpha value is -3.98. The monoisotopic (exact) mass is 594 g/mol. The second-order valence-corrected chi connectivity index (χ2v) is 9.06. The maximum atomic E-state index is 13.9. The Morgan fingerprint density at radius 3 is 1.63 bits per heavy atom. The predicted molar refractivity (Wildman–Crippen MR) is 126 cm³/mol. The van der Waals surface area contributed by atoms with Crippen molar-refractivity contribution in [2.24, 2.45) is 0 Å². The molecule has 0 aromatic heterocycles. The Balaban J connectivity index is 1.93. The van der Waals surface area contributed by atoms with E-state index in [9.17, 15) is 49.4 Å². The third kappa shape index (κ3) is 5.14. The number of benzene rings is 2. The van der Waals surface area contributed by atoms with Crippen molar-refractivity contribution in [3.05, 3.63) is 96.3 Å². The molecule has 6 nitrogen and oxygen atoms in total. The average Bonchev–Trinajstić information content (AvgIpc) is 3.04. The molecule has 2 heterocycles. The highest BCUT2D eigenvalue weighted by atomic mass is 19.4. The normalized spacial score (nSPS) is 21.2. The largest absolute Gasteiger partial charge is 0.573 e. The van der Waals surface area contributed by atoms with E-state index in [4.69, 9.17) is 4.74 Å². The predicted octanol–water partition coefficient (Wildman–Crippen LogP) is 6.79. The molecule has 0 radical (unpaired) electrons. The van der Waals surface area contributed by atoms with Gasteiger partial charge in [-0.15, -0.1) is 13.2 Å². The SMILES string of the molecule is C=C/C(=C\C(=C)OC(F)(F)F)C1(O)N(c2ccc(C(F)(F)F)cc2)C(=O)N(c2ccc(C(F)(F)F)cc2)C12COC2. The van der Waals surface area contributed by atoms with Crippen LogP contribution in [0.5, 0.6) is 0 Å². The minimum Gasteiger partial charge on any atom is -0.406 e. The van der Waals surface area contributed by atoms with E-state index in [1.807, 2.05) is 0 Å². The van der Waals surface area contributed by atoms with E-state index in [0.717, 1.165) is 35.2 Å². The first-order valence-electron chi connectivity index (χ1n) is 11.4. The van der Waals surface area contributed by atoms with Crippen LogP contribution in [0, 0.1) is 0 Å². The third-order valence-electron chi connectivity index (χ3n) is 6.56.